The van der Waals surface area contributed by atoms with Gasteiger partial charge < -0.3 is 0 Å². The minimum Gasteiger partial charge on any atom is -0.272 e. The summed E-state index contributed by atoms with van der Waals surface area (Å²) in [6.07, 6.45) is 8.44. The smallest absolute Gasteiger partial charge is 0.0919 e. The van der Waals surface area contributed by atoms with Gasteiger partial charge in [0, 0.05) is 24.5 Å². The van der Waals surface area contributed by atoms with Crippen molar-refractivity contribution in [2.24, 2.45) is 0 Å². The molecule has 0 N–H and O–H groups in total. The topological polar surface area (TPSA) is 43.6 Å². The summed E-state index contributed by atoms with van der Waals surface area (Å²) in [4.78, 5) is 8.52. The van der Waals surface area contributed by atoms with Crippen molar-refractivity contribution in [1.82, 2.24) is 19.7 Å². The SMILES string of the molecule is CCCn1cc(-c2cncc(C)n2)cn1. The van der Waals surface area contributed by atoms with Crippen molar-refractivity contribution in [2.45, 2.75) is 26.8 Å². The van der Waals surface area contributed by atoms with Crippen molar-refractivity contribution in [3.8, 4) is 11.3 Å². The first-order valence-electron chi connectivity index (χ1n) is 5.11. The van der Waals surface area contributed by atoms with Gasteiger partial charge in [-0.15, -0.1) is 0 Å². The Morgan fingerprint density at radius 3 is 2.87 bits per heavy atom. The minimum absolute atomic E-state index is 0.886. The minimum atomic E-state index is 0.886. The summed E-state index contributed by atoms with van der Waals surface area (Å²) in [5.74, 6) is 0. The van der Waals surface area contributed by atoms with Crippen molar-refractivity contribution < 1.29 is 0 Å². The van der Waals surface area contributed by atoms with Gasteiger partial charge in [0.25, 0.3) is 0 Å². The molecule has 0 atom stereocenters. The lowest BCUT2D eigenvalue weighted by Crippen LogP contribution is -1.95. The van der Waals surface area contributed by atoms with Crippen LogP contribution in [0.25, 0.3) is 11.3 Å². The highest BCUT2D eigenvalue weighted by Crippen LogP contribution is 2.14. The van der Waals surface area contributed by atoms with Crippen LogP contribution >= 0.6 is 0 Å². The second-order valence-electron chi connectivity index (χ2n) is 3.54. The molecule has 0 saturated heterocycles. The molecular weight excluding hydrogens is 188 g/mol. The van der Waals surface area contributed by atoms with Crippen LogP contribution in [0.5, 0.6) is 0 Å². The molecule has 0 spiro atoms. The average Bonchev–Trinajstić information content (AvgIpc) is 2.67. The summed E-state index contributed by atoms with van der Waals surface area (Å²) in [5.41, 5.74) is 2.84. The summed E-state index contributed by atoms with van der Waals surface area (Å²) in [6.45, 7) is 5.01. The van der Waals surface area contributed by atoms with Gasteiger partial charge in [-0.2, -0.15) is 5.10 Å². The highest BCUT2D eigenvalue weighted by Gasteiger charge is 2.03. The first-order chi connectivity index (χ1) is 7.29. The molecule has 15 heavy (non-hydrogen) atoms. The van der Waals surface area contributed by atoms with Crippen molar-refractivity contribution in [2.75, 3.05) is 0 Å². The van der Waals surface area contributed by atoms with E-state index in [1.807, 2.05) is 24.0 Å². The van der Waals surface area contributed by atoms with Crippen LogP contribution in [0.1, 0.15) is 19.0 Å². The molecule has 0 aromatic carbocycles. The Labute approximate surface area is 89.0 Å². The van der Waals surface area contributed by atoms with Gasteiger partial charge in [-0.25, -0.2) is 4.98 Å². The van der Waals surface area contributed by atoms with Gasteiger partial charge in [-0.3, -0.25) is 9.67 Å². The Morgan fingerprint density at radius 2 is 2.13 bits per heavy atom. The third-order valence-corrected chi connectivity index (χ3v) is 2.14. The van der Waals surface area contributed by atoms with E-state index in [1.54, 1.807) is 12.4 Å². The third kappa shape index (κ3) is 2.21. The first kappa shape index (κ1) is 9.83. The number of aryl methyl sites for hydroxylation is 2. The molecular formula is C11H14N4. The van der Waals surface area contributed by atoms with Gasteiger partial charge in [-0.1, -0.05) is 6.92 Å². The number of rotatable bonds is 3. The Balaban J connectivity index is 2.29. The fourth-order valence-corrected chi connectivity index (χ4v) is 1.45. The van der Waals surface area contributed by atoms with E-state index in [0.29, 0.717) is 0 Å². The number of aromatic nitrogens is 4. The Hall–Kier alpha value is -1.71. The Bertz CT molecular complexity index is 447. The van der Waals surface area contributed by atoms with Gasteiger partial charge >= 0.3 is 0 Å². The molecule has 0 radical (unpaired) electrons. The molecule has 2 heterocycles. The summed E-state index contributed by atoms with van der Waals surface area (Å²) in [5, 5.41) is 4.26. The predicted molar refractivity (Wildman–Crippen MR) is 58.3 cm³/mol. The zero-order chi connectivity index (χ0) is 10.7. The largest absolute Gasteiger partial charge is 0.272 e. The second-order valence-corrected chi connectivity index (χ2v) is 3.54. The van der Waals surface area contributed by atoms with E-state index in [4.69, 9.17) is 0 Å². The molecule has 0 fully saturated rings. The van der Waals surface area contributed by atoms with Crippen LogP contribution in [0.4, 0.5) is 0 Å². The van der Waals surface area contributed by atoms with E-state index in [0.717, 1.165) is 29.9 Å². The molecule has 2 rings (SSSR count). The Morgan fingerprint density at radius 1 is 1.27 bits per heavy atom. The van der Waals surface area contributed by atoms with E-state index < -0.39 is 0 Å². The average molecular weight is 202 g/mol. The van der Waals surface area contributed by atoms with E-state index >= 15 is 0 Å². The van der Waals surface area contributed by atoms with Crippen molar-refractivity contribution in [3.05, 3.63) is 30.5 Å². The third-order valence-electron chi connectivity index (χ3n) is 2.14. The van der Waals surface area contributed by atoms with Gasteiger partial charge in [0.1, 0.15) is 0 Å². The highest BCUT2D eigenvalue weighted by atomic mass is 15.3. The Kier molecular flexibility index (Phi) is 2.76. The first-order valence-corrected chi connectivity index (χ1v) is 5.11. The molecule has 0 bridgehead atoms. The van der Waals surface area contributed by atoms with E-state index in [9.17, 15) is 0 Å². The van der Waals surface area contributed by atoms with E-state index in [-0.39, 0.29) is 0 Å². The van der Waals surface area contributed by atoms with Crippen molar-refractivity contribution in [3.63, 3.8) is 0 Å². The van der Waals surface area contributed by atoms with Crippen LogP contribution in [0.15, 0.2) is 24.8 Å². The van der Waals surface area contributed by atoms with Gasteiger partial charge in [-0.05, 0) is 13.3 Å². The molecule has 2 aromatic rings. The summed E-state index contributed by atoms with van der Waals surface area (Å²) < 4.78 is 1.93. The lowest BCUT2D eigenvalue weighted by Gasteiger charge is -1.97. The molecule has 0 aliphatic carbocycles. The monoisotopic (exact) mass is 202 g/mol. The fraction of sp³-hybridized carbons (Fsp3) is 0.364. The molecule has 0 saturated carbocycles. The van der Waals surface area contributed by atoms with Crippen molar-refractivity contribution in [1.29, 1.82) is 0 Å². The van der Waals surface area contributed by atoms with Gasteiger partial charge in [0.05, 0.1) is 23.8 Å². The maximum absolute atomic E-state index is 4.40. The molecule has 4 nitrogen and oxygen atoms in total. The molecule has 0 aliphatic rings. The lowest BCUT2D eigenvalue weighted by molar-refractivity contribution is 0.603. The fourth-order valence-electron chi connectivity index (χ4n) is 1.45. The molecule has 78 valence electrons. The predicted octanol–water partition coefficient (Wildman–Crippen LogP) is 2.06. The molecule has 0 unspecified atom stereocenters. The van der Waals surface area contributed by atoms with Crippen LogP contribution < -0.4 is 0 Å². The summed E-state index contributed by atoms with van der Waals surface area (Å²) in [6, 6.07) is 0. The van der Waals surface area contributed by atoms with Crippen LogP contribution in [-0.2, 0) is 6.54 Å². The molecule has 4 heteroatoms. The number of nitrogens with zero attached hydrogens (tertiary/aromatic N) is 4. The number of hydrogen-bond acceptors (Lipinski definition) is 3. The zero-order valence-corrected chi connectivity index (χ0v) is 9.01. The molecule has 2 aromatic heterocycles. The van der Waals surface area contributed by atoms with E-state index in [2.05, 4.69) is 22.0 Å². The second kappa shape index (κ2) is 4.21. The maximum Gasteiger partial charge on any atom is 0.0919 e. The summed E-state index contributed by atoms with van der Waals surface area (Å²) in [7, 11) is 0. The lowest BCUT2D eigenvalue weighted by atomic mass is 10.2. The van der Waals surface area contributed by atoms with Crippen LogP contribution in [0.2, 0.25) is 0 Å². The zero-order valence-electron chi connectivity index (χ0n) is 9.01. The highest BCUT2D eigenvalue weighted by molar-refractivity contribution is 5.55. The quantitative estimate of drug-likeness (QED) is 0.765. The van der Waals surface area contributed by atoms with Gasteiger partial charge in [0.2, 0.25) is 0 Å². The normalized spacial score (nSPS) is 10.5. The molecule has 0 amide bonds. The van der Waals surface area contributed by atoms with Gasteiger partial charge in [0.15, 0.2) is 0 Å². The van der Waals surface area contributed by atoms with Crippen molar-refractivity contribution >= 4 is 0 Å². The summed E-state index contributed by atoms with van der Waals surface area (Å²) >= 11 is 0. The maximum atomic E-state index is 4.40. The van der Waals surface area contributed by atoms with Crippen LogP contribution in [0.3, 0.4) is 0 Å². The number of hydrogen-bond donors (Lipinski definition) is 0. The van der Waals surface area contributed by atoms with Crippen LogP contribution in [-0.4, -0.2) is 19.7 Å². The standard InChI is InChI=1S/C11H14N4/c1-3-4-15-8-10(6-13-15)11-7-12-5-9(2)14-11/h5-8H,3-4H2,1-2H3. The molecule has 0 aliphatic heterocycles. The van der Waals surface area contributed by atoms with E-state index in [1.165, 1.54) is 0 Å². The van der Waals surface area contributed by atoms with Crippen LogP contribution in [0, 0.1) is 6.92 Å².